The lowest BCUT2D eigenvalue weighted by Gasteiger charge is -2.27. The molecule has 0 radical (unpaired) electrons. The van der Waals surface area contributed by atoms with Crippen molar-refractivity contribution in [2.45, 2.75) is 31.7 Å². The lowest BCUT2D eigenvalue weighted by molar-refractivity contribution is -0.136. The molecule has 3 N–H and O–H groups in total. The summed E-state index contributed by atoms with van der Waals surface area (Å²) >= 11 is 0. The van der Waals surface area contributed by atoms with Crippen molar-refractivity contribution in [1.29, 1.82) is 0 Å². The van der Waals surface area contributed by atoms with Crippen molar-refractivity contribution in [2.75, 3.05) is 11.9 Å². The predicted octanol–water partition coefficient (Wildman–Crippen LogP) is 1.27. The summed E-state index contributed by atoms with van der Waals surface area (Å²) in [5.74, 6) is 1.45. The van der Waals surface area contributed by atoms with Crippen LogP contribution in [0, 0.1) is 18.3 Å². The summed E-state index contributed by atoms with van der Waals surface area (Å²) in [4.78, 5) is 23.8. The molecule has 0 atom stereocenters. The van der Waals surface area contributed by atoms with Gasteiger partial charge in [-0.25, -0.2) is 0 Å². The van der Waals surface area contributed by atoms with Gasteiger partial charge >= 0.3 is 11.8 Å². The molecular formula is C17H20N2O3. The molecule has 0 aliphatic heterocycles. The van der Waals surface area contributed by atoms with Crippen LogP contribution in [0.5, 0.6) is 0 Å². The number of amides is 2. The lowest BCUT2D eigenvalue weighted by atomic mass is 9.86. The third-order valence-electron chi connectivity index (χ3n) is 3.93. The number of carbonyl (C=O) groups excluding carboxylic acids is 2. The van der Waals surface area contributed by atoms with E-state index in [2.05, 4.69) is 16.6 Å². The van der Waals surface area contributed by atoms with E-state index in [9.17, 15) is 9.59 Å². The zero-order chi connectivity index (χ0) is 15.9. The smallest absolute Gasteiger partial charge is 0.313 e. The van der Waals surface area contributed by atoms with E-state index in [0.29, 0.717) is 17.2 Å². The summed E-state index contributed by atoms with van der Waals surface area (Å²) in [6.07, 6.45) is 8.61. The molecule has 1 aliphatic carbocycles. The van der Waals surface area contributed by atoms with Crippen LogP contribution in [0.3, 0.4) is 0 Å². The second-order valence-electron chi connectivity index (χ2n) is 5.55. The molecule has 5 nitrogen and oxygen atoms in total. The van der Waals surface area contributed by atoms with Crippen molar-refractivity contribution in [3.63, 3.8) is 0 Å². The molecule has 22 heavy (non-hydrogen) atoms. The Hall–Kier alpha value is -2.32. The van der Waals surface area contributed by atoms with Crippen LogP contribution < -0.4 is 10.6 Å². The largest absolute Gasteiger partial charge is 0.396 e. The van der Waals surface area contributed by atoms with E-state index in [1.165, 1.54) is 0 Å². The minimum atomic E-state index is -0.696. The first kappa shape index (κ1) is 16.1. The van der Waals surface area contributed by atoms with Gasteiger partial charge in [-0.1, -0.05) is 12.0 Å². The molecule has 2 rings (SSSR count). The van der Waals surface area contributed by atoms with Crippen LogP contribution in [0.2, 0.25) is 0 Å². The van der Waals surface area contributed by atoms with Gasteiger partial charge in [-0.2, -0.15) is 0 Å². The van der Waals surface area contributed by atoms with Crippen molar-refractivity contribution in [3.05, 3.63) is 29.8 Å². The van der Waals surface area contributed by atoms with Crippen molar-refractivity contribution in [2.24, 2.45) is 5.92 Å². The molecule has 0 unspecified atom stereocenters. The Morgan fingerprint density at radius 2 is 1.95 bits per heavy atom. The van der Waals surface area contributed by atoms with Gasteiger partial charge in [0.2, 0.25) is 0 Å². The maximum Gasteiger partial charge on any atom is 0.313 e. The number of hydrogen-bond acceptors (Lipinski definition) is 3. The van der Waals surface area contributed by atoms with E-state index in [0.717, 1.165) is 25.7 Å². The van der Waals surface area contributed by atoms with Crippen molar-refractivity contribution < 1.29 is 14.7 Å². The monoisotopic (exact) mass is 300 g/mol. The number of aliphatic hydroxyl groups is 1. The fourth-order valence-corrected chi connectivity index (χ4v) is 2.61. The number of terminal acetylenes is 1. The minimum absolute atomic E-state index is 0.00177. The second kappa shape index (κ2) is 7.62. The third-order valence-corrected chi connectivity index (χ3v) is 3.93. The van der Waals surface area contributed by atoms with Crippen LogP contribution in [0.4, 0.5) is 5.69 Å². The fourth-order valence-electron chi connectivity index (χ4n) is 2.61. The minimum Gasteiger partial charge on any atom is -0.396 e. The quantitative estimate of drug-likeness (QED) is 0.581. The van der Waals surface area contributed by atoms with Crippen LogP contribution in [0.1, 0.15) is 31.2 Å². The second-order valence-corrected chi connectivity index (χ2v) is 5.55. The Morgan fingerprint density at radius 3 is 2.59 bits per heavy atom. The number of carbonyl (C=O) groups is 2. The Bertz CT molecular complexity index is 584. The first-order valence-electron chi connectivity index (χ1n) is 7.41. The van der Waals surface area contributed by atoms with E-state index in [-0.39, 0.29) is 12.6 Å². The standard InChI is InChI=1S/C17H20N2O3/c1-2-12-4-3-5-15(10-12)19-17(22)16(21)18-14-8-6-13(11-20)7-9-14/h1,3-5,10,13-14,20H,6-9,11H2,(H,18,21)(H,19,22). The number of hydrogen-bond donors (Lipinski definition) is 3. The molecular weight excluding hydrogens is 280 g/mol. The predicted molar refractivity (Wildman–Crippen MR) is 84.0 cm³/mol. The van der Waals surface area contributed by atoms with Crippen LogP contribution in [-0.2, 0) is 9.59 Å². The SMILES string of the molecule is C#Cc1cccc(NC(=O)C(=O)NC2CCC(CO)CC2)c1. The van der Waals surface area contributed by atoms with Gasteiger partial charge in [0.05, 0.1) is 0 Å². The first-order valence-corrected chi connectivity index (χ1v) is 7.41. The van der Waals surface area contributed by atoms with E-state index < -0.39 is 11.8 Å². The molecule has 0 bridgehead atoms. The van der Waals surface area contributed by atoms with Crippen molar-refractivity contribution in [3.8, 4) is 12.3 Å². The molecule has 1 aromatic carbocycles. The highest BCUT2D eigenvalue weighted by atomic mass is 16.3. The summed E-state index contributed by atoms with van der Waals surface area (Å²) in [5.41, 5.74) is 1.14. The van der Waals surface area contributed by atoms with Crippen molar-refractivity contribution in [1.82, 2.24) is 5.32 Å². The molecule has 1 fully saturated rings. The third kappa shape index (κ3) is 4.34. The normalized spacial score (nSPS) is 20.7. The summed E-state index contributed by atoms with van der Waals surface area (Å²) in [7, 11) is 0. The molecule has 0 saturated heterocycles. The van der Waals surface area contributed by atoms with Gasteiger partial charge in [-0.3, -0.25) is 9.59 Å². The van der Waals surface area contributed by atoms with Crippen LogP contribution in [0.25, 0.3) is 0 Å². The van der Waals surface area contributed by atoms with Gasteiger partial charge in [-0.15, -0.1) is 6.42 Å². The van der Waals surface area contributed by atoms with E-state index in [4.69, 9.17) is 11.5 Å². The van der Waals surface area contributed by atoms with Gasteiger partial charge in [0.1, 0.15) is 0 Å². The number of nitrogens with one attached hydrogen (secondary N) is 2. The van der Waals surface area contributed by atoms with E-state index in [1.54, 1.807) is 24.3 Å². The summed E-state index contributed by atoms with van der Waals surface area (Å²) in [6, 6.07) is 6.78. The van der Waals surface area contributed by atoms with Crippen molar-refractivity contribution >= 4 is 17.5 Å². The highest BCUT2D eigenvalue weighted by Gasteiger charge is 2.24. The lowest BCUT2D eigenvalue weighted by Crippen LogP contribution is -2.43. The van der Waals surface area contributed by atoms with Gasteiger partial charge < -0.3 is 15.7 Å². The molecule has 2 amide bonds. The molecule has 0 heterocycles. The van der Waals surface area contributed by atoms with E-state index >= 15 is 0 Å². The fraction of sp³-hybridized carbons (Fsp3) is 0.412. The highest BCUT2D eigenvalue weighted by molar-refractivity contribution is 6.39. The van der Waals surface area contributed by atoms with E-state index in [1.807, 2.05) is 0 Å². The number of aliphatic hydroxyl groups excluding tert-OH is 1. The van der Waals surface area contributed by atoms with Crippen LogP contribution in [0.15, 0.2) is 24.3 Å². The highest BCUT2D eigenvalue weighted by Crippen LogP contribution is 2.23. The summed E-state index contributed by atoms with van der Waals surface area (Å²) in [5, 5.41) is 14.4. The number of anilines is 1. The maximum atomic E-state index is 11.9. The van der Waals surface area contributed by atoms with Gasteiger partial charge in [0.15, 0.2) is 0 Å². The average Bonchev–Trinajstić information content (AvgIpc) is 2.55. The molecule has 0 aromatic heterocycles. The average molecular weight is 300 g/mol. The van der Waals surface area contributed by atoms with Crippen LogP contribution >= 0.6 is 0 Å². The zero-order valence-corrected chi connectivity index (χ0v) is 12.3. The Kier molecular flexibility index (Phi) is 5.56. The summed E-state index contributed by atoms with van der Waals surface area (Å²) < 4.78 is 0. The first-order chi connectivity index (χ1) is 10.6. The molecule has 5 heteroatoms. The number of benzene rings is 1. The number of rotatable bonds is 3. The molecule has 116 valence electrons. The summed E-state index contributed by atoms with van der Waals surface area (Å²) in [6.45, 7) is 0.187. The van der Waals surface area contributed by atoms with Crippen LogP contribution in [-0.4, -0.2) is 29.6 Å². The molecule has 1 aromatic rings. The topological polar surface area (TPSA) is 78.4 Å². The molecule has 0 spiro atoms. The Labute approximate surface area is 130 Å². The van der Waals surface area contributed by atoms with Gasteiger partial charge in [0.25, 0.3) is 0 Å². The molecule has 1 aliphatic rings. The maximum absolute atomic E-state index is 11.9. The Balaban J connectivity index is 1.85. The molecule has 1 saturated carbocycles. The van der Waals surface area contributed by atoms with Gasteiger partial charge in [0, 0.05) is 23.9 Å². The van der Waals surface area contributed by atoms with Gasteiger partial charge in [-0.05, 0) is 49.8 Å². The zero-order valence-electron chi connectivity index (χ0n) is 12.3. The Morgan fingerprint density at radius 1 is 1.23 bits per heavy atom.